The number of nitrogens with one attached hydrogen (secondary N) is 1. The van der Waals surface area contributed by atoms with E-state index < -0.39 is 23.2 Å². The highest BCUT2D eigenvalue weighted by atomic mass is 16.6. The van der Waals surface area contributed by atoms with Gasteiger partial charge < -0.3 is 14.8 Å². The van der Waals surface area contributed by atoms with E-state index in [9.17, 15) is 9.59 Å². The Balaban J connectivity index is 1.87. The van der Waals surface area contributed by atoms with Gasteiger partial charge in [0.25, 0.3) is 0 Å². The average molecular weight is 370 g/mol. The number of methoxy groups -OCH3 is 1. The molecule has 1 heterocycles. The Morgan fingerprint density at radius 1 is 1.26 bits per heavy atom. The zero-order chi connectivity index (χ0) is 19.7. The number of nitrogens with zero attached hydrogens (tertiary/aromatic N) is 1. The molecule has 6 heteroatoms. The Morgan fingerprint density at radius 3 is 2.70 bits per heavy atom. The minimum Gasteiger partial charge on any atom is -0.452 e. The lowest BCUT2D eigenvalue weighted by Crippen LogP contribution is -2.38. The molecule has 27 heavy (non-hydrogen) atoms. The molecule has 6 nitrogen and oxygen atoms in total. The van der Waals surface area contributed by atoms with E-state index in [2.05, 4.69) is 17.5 Å². The molecule has 2 aliphatic rings. The second-order valence-corrected chi connectivity index (χ2v) is 7.70. The summed E-state index contributed by atoms with van der Waals surface area (Å²) in [6.07, 6.45) is 6.77. The Bertz CT molecular complexity index is 807. The van der Waals surface area contributed by atoms with Crippen LogP contribution in [0.2, 0.25) is 0 Å². The smallest absolute Gasteiger partial charge is 0.418 e. The first-order chi connectivity index (χ1) is 12.8. The van der Waals surface area contributed by atoms with Crippen LogP contribution in [0.15, 0.2) is 48.2 Å². The third-order valence-electron chi connectivity index (χ3n) is 4.72. The number of para-hydroxylation sites is 1. The summed E-state index contributed by atoms with van der Waals surface area (Å²) in [6.45, 7) is 5.91. The fraction of sp³-hybridized carbons (Fsp3) is 0.429. The lowest BCUT2D eigenvalue weighted by Gasteiger charge is -2.32. The van der Waals surface area contributed by atoms with E-state index in [1.807, 2.05) is 51.1 Å². The normalized spacial score (nSPS) is 20.4. The molecule has 0 saturated heterocycles. The molecule has 0 radical (unpaired) electrons. The van der Waals surface area contributed by atoms with Gasteiger partial charge in [-0.3, -0.25) is 0 Å². The number of benzene rings is 1. The number of alkyl carbamates (subject to hydrolysis) is 1. The van der Waals surface area contributed by atoms with Crippen molar-refractivity contribution in [1.82, 2.24) is 5.32 Å². The molecule has 1 aromatic carbocycles. The first-order valence-corrected chi connectivity index (χ1v) is 9.11. The number of ether oxygens (including phenoxy) is 2. The molecule has 1 aliphatic carbocycles. The van der Waals surface area contributed by atoms with Crippen LogP contribution in [-0.4, -0.2) is 31.4 Å². The predicted molar refractivity (Wildman–Crippen MR) is 104 cm³/mol. The van der Waals surface area contributed by atoms with Gasteiger partial charge in [0.05, 0.1) is 18.2 Å². The molecule has 0 unspecified atom stereocenters. The number of fused-ring (bicyclic) bond motifs is 3. The maximum Gasteiger partial charge on any atom is 0.418 e. The van der Waals surface area contributed by atoms with E-state index in [4.69, 9.17) is 9.47 Å². The van der Waals surface area contributed by atoms with Crippen LogP contribution in [0.4, 0.5) is 15.3 Å². The van der Waals surface area contributed by atoms with E-state index in [1.54, 1.807) is 4.90 Å². The van der Waals surface area contributed by atoms with Gasteiger partial charge in [0.1, 0.15) is 5.60 Å². The molecule has 0 aromatic heterocycles. The summed E-state index contributed by atoms with van der Waals surface area (Å²) in [5, 5.41) is 2.83. The van der Waals surface area contributed by atoms with Crippen LogP contribution >= 0.6 is 0 Å². The lowest BCUT2D eigenvalue weighted by atomic mass is 9.74. The lowest BCUT2D eigenvalue weighted by molar-refractivity contribution is 0.0525. The maximum absolute atomic E-state index is 12.5. The van der Waals surface area contributed by atoms with Crippen molar-refractivity contribution in [1.29, 1.82) is 0 Å². The molecule has 0 saturated carbocycles. The molecule has 144 valence electrons. The Morgan fingerprint density at radius 2 is 2.00 bits per heavy atom. The number of anilines is 1. The number of rotatable bonds is 3. The van der Waals surface area contributed by atoms with Crippen molar-refractivity contribution in [2.24, 2.45) is 0 Å². The molecule has 1 N–H and O–H groups in total. The summed E-state index contributed by atoms with van der Waals surface area (Å²) in [4.78, 5) is 26.1. The van der Waals surface area contributed by atoms with Crippen LogP contribution in [0.1, 0.15) is 39.2 Å². The second kappa shape index (κ2) is 7.10. The summed E-state index contributed by atoms with van der Waals surface area (Å²) < 4.78 is 10.3. The van der Waals surface area contributed by atoms with Crippen LogP contribution in [0.3, 0.4) is 0 Å². The van der Waals surface area contributed by atoms with Crippen molar-refractivity contribution in [3.05, 3.63) is 53.8 Å². The number of amides is 2. The van der Waals surface area contributed by atoms with Gasteiger partial charge in [0.2, 0.25) is 0 Å². The molecule has 0 bridgehead atoms. The topological polar surface area (TPSA) is 67.9 Å². The highest BCUT2D eigenvalue weighted by molar-refractivity contribution is 5.97. The molecule has 1 atom stereocenters. The zero-order valence-corrected chi connectivity index (χ0v) is 16.2. The van der Waals surface area contributed by atoms with E-state index >= 15 is 0 Å². The third kappa shape index (κ3) is 3.56. The van der Waals surface area contributed by atoms with Crippen LogP contribution in [0.25, 0.3) is 0 Å². The van der Waals surface area contributed by atoms with Gasteiger partial charge in [-0.2, -0.15) is 0 Å². The Labute approximate surface area is 159 Å². The van der Waals surface area contributed by atoms with Gasteiger partial charge in [-0.15, -0.1) is 0 Å². The highest BCUT2D eigenvalue weighted by Gasteiger charge is 2.48. The minimum absolute atomic E-state index is 0.411. The summed E-state index contributed by atoms with van der Waals surface area (Å²) >= 11 is 0. The highest BCUT2D eigenvalue weighted by Crippen LogP contribution is 2.52. The maximum atomic E-state index is 12.5. The largest absolute Gasteiger partial charge is 0.452 e. The summed E-state index contributed by atoms with van der Waals surface area (Å²) in [7, 11) is 1.38. The van der Waals surface area contributed by atoms with Crippen LogP contribution in [0, 0.1) is 0 Å². The zero-order valence-electron chi connectivity index (χ0n) is 16.2. The van der Waals surface area contributed by atoms with Gasteiger partial charge in [-0.05, 0) is 45.2 Å². The van der Waals surface area contributed by atoms with E-state index in [-0.39, 0.29) is 0 Å². The molecule has 3 rings (SSSR count). The standard InChI is InChI=1S/C21H26N2O4/c1-20(2,3)27-18(24)22-14-13-21-12-8-7-11-17(21)23(19(25)26-4)16-10-6-5-9-15(16)21/h5-6,8-12H,7,13-14H2,1-4H3,(H,22,24)/t21-/m0/s1. The number of allylic oxidation sites excluding steroid dienone is 3. The van der Waals surface area contributed by atoms with Crippen molar-refractivity contribution < 1.29 is 19.1 Å². The average Bonchev–Trinajstić information content (AvgIpc) is 2.90. The molecular formula is C21H26N2O4. The summed E-state index contributed by atoms with van der Waals surface area (Å²) in [6, 6.07) is 7.81. The first-order valence-electron chi connectivity index (χ1n) is 9.11. The molecular weight excluding hydrogens is 344 g/mol. The number of hydrogen-bond acceptors (Lipinski definition) is 4. The minimum atomic E-state index is -0.542. The number of carbonyl (C=O) groups is 2. The summed E-state index contributed by atoms with van der Waals surface area (Å²) in [5.41, 5.74) is 1.71. The monoisotopic (exact) mass is 370 g/mol. The van der Waals surface area contributed by atoms with E-state index in [0.717, 1.165) is 23.4 Å². The van der Waals surface area contributed by atoms with Crippen molar-refractivity contribution in [2.75, 3.05) is 18.6 Å². The van der Waals surface area contributed by atoms with Crippen molar-refractivity contribution in [3.8, 4) is 0 Å². The third-order valence-corrected chi connectivity index (χ3v) is 4.72. The molecule has 1 aliphatic heterocycles. The Kier molecular flexibility index (Phi) is 5.00. The van der Waals surface area contributed by atoms with Gasteiger partial charge in [-0.25, -0.2) is 14.5 Å². The van der Waals surface area contributed by atoms with Crippen molar-refractivity contribution in [3.63, 3.8) is 0 Å². The van der Waals surface area contributed by atoms with Crippen molar-refractivity contribution >= 4 is 17.9 Å². The van der Waals surface area contributed by atoms with Crippen LogP contribution in [-0.2, 0) is 14.9 Å². The quantitative estimate of drug-likeness (QED) is 0.807. The molecule has 0 fully saturated rings. The molecule has 0 spiro atoms. The SMILES string of the molecule is COC(=O)N1C2=CCC=C[C@]2(CCNC(=O)OC(C)(C)C)c2ccccc21. The fourth-order valence-corrected chi connectivity index (χ4v) is 3.72. The fourth-order valence-electron chi connectivity index (χ4n) is 3.72. The first kappa shape index (κ1) is 19.0. The number of carbonyl (C=O) groups excluding carboxylic acids is 2. The molecule has 2 amide bonds. The number of hydrogen-bond donors (Lipinski definition) is 1. The summed E-state index contributed by atoms with van der Waals surface area (Å²) in [5.74, 6) is 0. The van der Waals surface area contributed by atoms with Crippen molar-refractivity contribution in [2.45, 2.75) is 44.6 Å². The van der Waals surface area contributed by atoms with Crippen LogP contribution in [0.5, 0.6) is 0 Å². The predicted octanol–water partition coefficient (Wildman–Crippen LogP) is 4.27. The van der Waals surface area contributed by atoms with Gasteiger partial charge in [0, 0.05) is 12.2 Å². The second-order valence-electron chi connectivity index (χ2n) is 7.70. The van der Waals surface area contributed by atoms with Gasteiger partial charge in [0.15, 0.2) is 0 Å². The van der Waals surface area contributed by atoms with Crippen LogP contribution < -0.4 is 10.2 Å². The van der Waals surface area contributed by atoms with E-state index in [1.165, 1.54) is 7.11 Å². The molecule has 1 aromatic rings. The Hall–Kier alpha value is -2.76. The van der Waals surface area contributed by atoms with Gasteiger partial charge in [-0.1, -0.05) is 36.4 Å². The van der Waals surface area contributed by atoms with E-state index in [0.29, 0.717) is 13.0 Å². The van der Waals surface area contributed by atoms with Gasteiger partial charge >= 0.3 is 12.2 Å².